The number of ether oxygens (including phenoxy) is 1. The third kappa shape index (κ3) is 3.88. The Balaban J connectivity index is 1.58. The molecule has 10 heteroatoms. The minimum atomic E-state index is -1.12. The number of hydrogen-bond acceptors (Lipinski definition) is 7. The average molecular weight is 494 g/mol. The van der Waals surface area contributed by atoms with Crippen LogP contribution in [0.2, 0.25) is 5.02 Å². The fourth-order valence-corrected chi connectivity index (χ4v) is 4.74. The number of anilines is 2. The monoisotopic (exact) mass is 493 g/mol. The van der Waals surface area contributed by atoms with E-state index < -0.39 is 34.8 Å². The van der Waals surface area contributed by atoms with Gasteiger partial charge in [0.05, 0.1) is 28.9 Å². The predicted octanol–water partition coefficient (Wildman–Crippen LogP) is 4.70. The number of nitro groups is 1. The predicted molar refractivity (Wildman–Crippen MR) is 128 cm³/mol. The largest absolute Gasteiger partial charge is 0.494 e. The van der Waals surface area contributed by atoms with Crippen molar-refractivity contribution in [3.63, 3.8) is 0 Å². The zero-order chi connectivity index (χ0) is 24.7. The molecule has 0 saturated carbocycles. The highest BCUT2D eigenvalue weighted by molar-refractivity contribution is 6.31. The van der Waals surface area contributed by atoms with Gasteiger partial charge in [0.1, 0.15) is 11.7 Å². The molecule has 0 N–H and O–H groups in total. The zero-order valence-electron chi connectivity index (χ0n) is 18.5. The third-order valence-corrected chi connectivity index (χ3v) is 6.39. The fourth-order valence-electron chi connectivity index (χ4n) is 4.51. The summed E-state index contributed by atoms with van der Waals surface area (Å²) in [5, 5.41) is 13.1. The van der Waals surface area contributed by atoms with E-state index in [1.165, 1.54) is 23.3 Å². The highest BCUT2D eigenvalue weighted by atomic mass is 35.5. The number of nitro benzene ring substituents is 1. The number of carbonyl (C=O) groups excluding carboxylic acids is 2. The lowest BCUT2D eigenvalue weighted by Gasteiger charge is -2.29. The van der Waals surface area contributed by atoms with Crippen LogP contribution in [0.25, 0.3) is 0 Å². The highest BCUT2D eigenvalue weighted by Gasteiger charge is 2.60. The second-order valence-corrected chi connectivity index (χ2v) is 8.47. The van der Waals surface area contributed by atoms with Crippen molar-refractivity contribution in [2.24, 2.45) is 5.92 Å². The Morgan fingerprint density at radius 2 is 1.71 bits per heavy atom. The van der Waals surface area contributed by atoms with Crippen molar-refractivity contribution in [2.75, 3.05) is 16.6 Å². The lowest BCUT2D eigenvalue weighted by atomic mass is 9.90. The molecule has 3 unspecified atom stereocenters. The molecule has 35 heavy (non-hydrogen) atoms. The van der Waals surface area contributed by atoms with Crippen molar-refractivity contribution in [1.29, 1.82) is 0 Å². The van der Waals surface area contributed by atoms with Crippen molar-refractivity contribution < 1.29 is 24.1 Å². The minimum Gasteiger partial charge on any atom is -0.494 e. The molecule has 0 spiro atoms. The van der Waals surface area contributed by atoms with Crippen molar-refractivity contribution in [1.82, 2.24) is 0 Å². The summed E-state index contributed by atoms with van der Waals surface area (Å²) >= 11 is 6.48. The number of imide groups is 1. The molecule has 0 radical (unpaired) electrons. The Bertz CT molecular complexity index is 1300. The number of hydroxylamine groups is 1. The number of carbonyl (C=O) groups is 2. The molecule has 0 aromatic heterocycles. The van der Waals surface area contributed by atoms with Crippen LogP contribution in [0.4, 0.5) is 17.1 Å². The van der Waals surface area contributed by atoms with Gasteiger partial charge in [-0.3, -0.25) is 24.5 Å². The molecule has 3 atom stereocenters. The topological polar surface area (TPSA) is 102 Å². The fraction of sp³-hybridized carbons (Fsp3) is 0.200. The first-order valence-electron chi connectivity index (χ1n) is 11.0. The van der Waals surface area contributed by atoms with Gasteiger partial charge < -0.3 is 4.74 Å². The Morgan fingerprint density at radius 3 is 2.37 bits per heavy atom. The van der Waals surface area contributed by atoms with E-state index in [1.54, 1.807) is 48.5 Å². The second-order valence-electron chi connectivity index (χ2n) is 8.06. The maximum absolute atomic E-state index is 13.7. The van der Waals surface area contributed by atoms with E-state index in [0.29, 0.717) is 29.3 Å². The van der Waals surface area contributed by atoms with Crippen molar-refractivity contribution in [2.45, 2.75) is 19.1 Å². The quantitative estimate of drug-likeness (QED) is 0.278. The smallest absolute Gasteiger partial charge is 0.269 e. The van der Waals surface area contributed by atoms with E-state index >= 15 is 0 Å². The Labute approximate surface area is 205 Å². The van der Waals surface area contributed by atoms with Crippen LogP contribution < -0.4 is 14.7 Å². The molecule has 0 bridgehead atoms. The summed E-state index contributed by atoms with van der Waals surface area (Å²) in [6, 6.07) is 18.7. The lowest BCUT2D eigenvalue weighted by molar-refractivity contribution is -0.384. The van der Waals surface area contributed by atoms with Gasteiger partial charge in [-0.05, 0) is 49.4 Å². The number of fused-ring (bicyclic) bond motifs is 1. The highest BCUT2D eigenvalue weighted by Crippen LogP contribution is 2.49. The van der Waals surface area contributed by atoms with Gasteiger partial charge in [-0.2, -0.15) is 0 Å². The number of non-ortho nitro benzene ring substituents is 1. The molecular weight excluding hydrogens is 474 g/mol. The molecule has 9 nitrogen and oxygen atoms in total. The van der Waals surface area contributed by atoms with Crippen LogP contribution in [0.5, 0.6) is 5.75 Å². The maximum atomic E-state index is 13.7. The van der Waals surface area contributed by atoms with E-state index in [1.807, 2.05) is 13.0 Å². The standard InChI is InChI=1S/C25H20ClN3O6/c1-2-34-18-11-8-15(9-12-18)27-24(30)21-22(19-14-17(29(32)33)10-13-20(19)26)28(35-23(21)25(27)31)16-6-4-3-5-7-16/h3-14,21-23H,2H2,1H3. The maximum Gasteiger partial charge on any atom is 0.269 e. The number of halogens is 1. The van der Waals surface area contributed by atoms with Gasteiger partial charge in [0.15, 0.2) is 6.10 Å². The first kappa shape index (κ1) is 22.8. The van der Waals surface area contributed by atoms with E-state index in [-0.39, 0.29) is 10.7 Å². The van der Waals surface area contributed by atoms with Gasteiger partial charge in [-0.25, -0.2) is 9.96 Å². The van der Waals surface area contributed by atoms with Crippen LogP contribution in [-0.2, 0) is 14.4 Å². The summed E-state index contributed by atoms with van der Waals surface area (Å²) in [4.78, 5) is 45.2. The molecule has 0 aliphatic carbocycles. The zero-order valence-corrected chi connectivity index (χ0v) is 19.3. The van der Waals surface area contributed by atoms with Gasteiger partial charge in [-0.1, -0.05) is 29.8 Å². The van der Waals surface area contributed by atoms with E-state index in [2.05, 4.69) is 0 Å². The van der Waals surface area contributed by atoms with Gasteiger partial charge in [-0.15, -0.1) is 0 Å². The molecule has 3 aromatic carbocycles. The van der Waals surface area contributed by atoms with Gasteiger partial charge in [0.25, 0.3) is 11.6 Å². The van der Waals surface area contributed by atoms with Crippen molar-refractivity contribution in [3.05, 3.63) is 93.5 Å². The summed E-state index contributed by atoms with van der Waals surface area (Å²) in [5.74, 6) is -1.35. The Kier molecular flexibility index (Phi) is 5.88. The number of nitrogens with zero attached hydrogens (tertiary/aromatic N) is 3. The molecule has 2 amide bonds. The number of benzene rings is 3. The number of amides is 2. The summed E-state index contributed by atoms with van der Waals surface area (Å²) in [7, 11) is 0. The summed E-state index contributed by atoms with van der Waals surface area (Å²) in [6.45, 7) is 2.34. The third-order valence-electron chi connectivity index (χ3n) is 6.04. The van der Waals surface area contributed by atoms with Crippen LogP contribution in [-0.4, -0.2) is 29.4 Å². The number of hydrogen-bond donors (Lipinski definition) is 0. The molecule has 5 rings (SSSR count). The lowest BCUT2D eigenvalue weighted by Crippen LogP contribution is -2.37. The van der Waals surface area contributed by atoms with Crippen molar-refractivity contribution in [3.8, 4) is 5.75 Å². The SMILES string of the molecule is CCOc1ccc(N2C(=O)C3ON(c4ccccc4)C(c4cc([N+](=O)[O-])ccc4Cl)C3C2=O)cc1. The van der Waals surface area contributed by atoms with E-state index in [9.17, 15) is 19.7 Å². The summed E-state index contributed by atoms with van der Waals surface area (Å²) < 4.78 is 5.44. The van der Waals surface area contributed by atoms with Crippen LogP contribution >= 0.6 is 11.6 Å². The average Bonchev–Trinajstić information content (AvgIpc) is 3.36. The molecule has 2 fully saturated rings. The normalized spacial score (nSPS) is 21.4. The minimum absolute atomic E-state index is 0.180. The molecular formula is C25H20ClN3O6. The van der Waals surface area contributed by atoms with Crippen LogP contribution in [0.1, 0.15) is 18.5 Å². The molecule has 2 aliphatic rings. The van der Waals surface area contributed by atoms with Gasteiger partial charge in [0, 0.05) is 22.7 Å². The first-order chi connectivity index (χ1) is 16.9. The molecule has 2 aliphatic heterocycles. The van der Waals surface area contributed by atoms with Crippen LogP contribution in [0.15, 0.2) is 72.8 Å². The number of para-hydroxylation sites is 1. The van der Waals surface area contributed by atoms with Crippen LogP contribution in [0, 0.1) is 16.0 Å². The number of rotatable bonds is 6. The molecule has 178 valence electrons. The Morgan fingerprint density at radius 1 is 1.00 bits per heavy atom. The van der Waals surface area contributed by atoms with Crippen LogP contribution in [0.3, 0.4) is 0 Å². The summed E-state index contributed by atoms with van der Waals surface area (Å²) in [5.41, 5.74) is 1.12. The molecule has 2 heterocycles. The first-order valence-corrected chi connectivity index (χ1v) is 11.3. The molecule has 2 saturated heterocycles. The van der Waals surface area contributed by atoms with Crippen molar-refractivity contribution >= 4 is 40.5 Å². The summed E-state index contributed by atoms with van der Waals surface area (Å²) in [6.07, 6.45) is -1.12. The Hall–Kier alpha value is -3.95. The van der Waals surface area contributed by atoms with E-state index in [0.717, 1.165) is 4.90 Å². The van der Waals surface area contributed by atoms with E-state index in [4.69, 9.17) is 21.2 Å². The molecule has 3 aromatic rings. The second kappa shape index (κ2) is 9.01. The van der Waals surface area contributed by atoms with Gasteiger partial charge in [0.2, 0.25) is 5.91 Å². The van der Waals surface area contributed by atoms with Gasteiger partial charge >= 0.3 is 0 Å².